The zero-order chi connectivity index (χ0) is 18.5. The molecule has 3 aromatic rings. The van der Waals surface area contributed by atoms with E-state index in [0.717, 1.165) is 41.2 Å². The van der Waals surface area contributed by atoms with Gasteiger partial charge in [0.15, 0.2) is 0 Å². The maximum absolute atomic E-state index is 12.4. The Balaban J connectivity index is 1.50. The van der Waals surface area contributed by atoms with Crippen LogP contribution in [0.25, 0.3) is 10.6 Å². The second-order valence-corrected chi connectivity index (χ2v) is 8.41. The lowest BCUT2D eigenvalue weighted by Gasteiger charge is -2.03. The number of aryl methyl sites for hydroxylation is 3. The van der Waals surface area contributed by atoms with Gasteiger partial charge in [-0.05, 0) is 45.2 Å². The van der Waals surface area contributed by atoms with Crippen molar-refractivity contribution in [3.63, 3.8) is 0 Å². The second-order valence-electron chi connectivity index (χ2n) is 6.04. The topological polar surface area (TPSA) is 54.9 Å². The molecule has 7 heteroatoms. The number of hydrogen-bond acceptors (Lipinski definition) is 5. The van der Waals surface area contributed by atoms with Crippen molar-refractivity contribution in [1.29, 1.82) is 0 Å². The molecule has 0 aliphatic rings. The van der Waals surface area contributed by atoms with Crippen LogP contribution < -0.4 is 5.32 Å². The van der Waals surface area contributed by atoms with E-state index in [9.17, 15) is 4.79 Å². The third-order valence-corrected chi connectivity index (χ3v) is 6.35. The molecule has 0 saturated carbocycles. The SMILES string of the molecule is Cc1csc(CCCCNC(=O)c2sc(-c3ccc(Cl)cc3)nc2C)n1. The van der Waals surface area contributed by atoms with E-state index in [0.29, 0.717) is 16.4 Å². The van der Waals surface area contributed by atoms with Crippen molar-refractivity contribution < 1.29 is 4.79 Å². The molecule has 0 unspecified atom stereocenters. The van der Waals surface area contributed by atoms with E-state index >= 15 is 0 Å². The first-order chi connectivity index (χ1) is 12.5. The fourth-order valence-corrected chi connectivity index (χ4v) is 4.46. The molecule has 2 aromatic heterocycles. The number of thiazole rings is 2. The van der Waals surface area contributed by atoms with Crippen LogP contribution in [-0.4, -0.2) is 22.4 Å². The van der Waals surface area contributed by atoms with Gasteiger partial charge in [0.05, 0.1) is 10.7 Å². The van der Waals surface area contributed by atoms with Crippen LogP contribution in [0.4, 0.5) is 0 Å². The van der Waals surface area contributed by atoms with Crippen LogP contribution in [0.1, 0.15) is 38.9 Å². The minimum absolute atomic E-state index is 0.0506. The van der Waals surface area contributed by atoms with Gasteiger partial charge < -0.3 is 5.32 Å². The first kappa shape index (κ1) is 19.0. The van der Waals surface area contributed by atoms with Gasteiger partial charge in [0.25, 0.3) is 5.91 Å². The number of nitrogens with zero attached hydrogens (tertiary/aromatic N) is 2. The molecule has 0 aliphatic heterocycles. The molecule has 0 aliphatic carbocycles. The third-order valence-electron chi connectivity index (χ3n) is 3.86. The Morgan fingerprint density at radius 3 is 2.62 bits per heavy atom. The van der Waals surface area contributed by atoms with Crippen LogP contribution in [0.15, 0.2) is 29.6 Å². The van der Waals surface area contributed by atoms with Crippen molar-refractivity contribution in [3.8, 4) is 10.6 Å². The predicted molar refractivity (Wildman–Crippen MR) is 109 cm³/mol. The molecule has 4 nitrogen and oxygen atoms in total. The third kappa shape index (κ3) is 4.90. The number of nitrogens with one attached hydrogen (secondary N) is 1. The zero-order valence-corrected chi connectivity index (χ0v) is 17.1. The van der Waals surface area contributed by atoms with E-state index in [4.69, 9.17) is 11.6 Å². The molecular formula is C19H20ClN3OS2. The molecule has 1 N–H and O–H groups in total. The summed E-state index contributed by atoms with van der Waals surface area (Å²) in [5, 5.41) is 7.76. The number of unbranched alkanes of at least 4 members (excludes halogenated alkanes) is 1. The largest absolute Gasteiger partial charge is 0.351 e. The molecule has 3 rings (SSSR count). The maximum Gasteiger partial charge on any atom is 0.263 e. The normalized spacial score (nSPS) is 10.9. The predicted octanol–water partition coefficient (Wildman–Crippen LogP) is 5.29. The van der Waals surface area contributed by atoms with Gasteiger partial charge >= 0.3 is 0 Å². The minimum atomic E-state index is -0.0506. The Bertz CT molecular complexity index is 887. The number of carbonyl (C=O) groups excluding carboxylic acids is 1. The Labute approximate surface area is 166 Å². The summed E-state index contributed by atoms with van der Waals surface area (Å²) in [6.45, 7) is 4.54. The minimum Gasteiger partial charge on any atom is -0.351 e. The van der Waals surface area contributed by atoms with Crippen molar-refractivity contribution in [2.45, 2.75) is 33.1 Å². The fourth-order valence-electron chi connectivity index (χ4n) is 2.52. The van der Waals surface area contributed by atoms with Crippen molar-refractivity contribution in [2.24, 2.45) is 0 Å². The summed E-state index contributed by atoms with van der Waals surface area (Å²) in [6.07, 6.45) is 2.92. The number of rotatable bonds is 7. The fraction of sp³-hybridized carbons (Fsp3) is 0.316. The average molecular weight is 406 g/mol. The highest BCUT2D eigenvalue weighted by Crippen LogP contribution is 2.28. The van der Waals surface area contributed by atoms with Gasteiger partial charge in [-0.15, -0.1) is 22.7 Å². The van der Waals surface area contributed by atoms with Gasteiger partial charge in [0.1, 0.15) is 9.88 Å². The van der Waals surface area contributed by atoms with Crippen LogP contribution in [0.2, 0.25) is 5.02 Å². The van der Waals surface area contributed by atoms with E-state index in [1.807, 2.05) is 38.1 Å². The highest BCUT2D eigenvalue weighted by molar-refractivity contribution is 7.17. The van der Waals surface area contributed by atoms with Crippen LogP contribution >= 0.6 is 34.3 Å². The number of aromatic nitrogens is 2. The Morgan fingerprint density at radius 1 is 1.15 bits per heavy atom. The molecule has 0 radical (unpaired) electrons. The number of carbonyl (C=O) groups is 1. The molecule has 26 heavy (non-hydrogen) atoms. The van der Waals surface area contributed by atoms with Gasteiger partial charge in [0.2, 0.25) is 0 Å². The molecule has 0 fully saturated rings. The summed E-state index contributed by atoms with van der Waals surface area (Å²) in [6, 6.07) is 7.50. The van der Waals surface area contributed by atoms with E-state index in [1.165, 1.54) is 16.3 Å². The number of halogens is 1. The Kier molecular flexibility index (Phi) is 6.40. The van der Waals surface area contributed by atoms with Gasteiger partial charge in [-0.3, -0.25) is 4.79 Å². The Hall–Kier alpha value is -1.76. The number of benzene rings is 1. The first-order valence-corrected chi connectivity index (χ1v) is 10.5. The lowest BCUT2D eigenvalue weighted by atomic mass is 10.2. The van der Waals surface area contributed by atoms with Crippen molar-refractivity contribution in [3.05, 3.63) is 55.9 Å². The molecule has 0 saturated heterocycles. The molecule has 136 valence electrons. The molecule has 0 atom stereocenters. The first-order valence-electron chi connectivity index (χ1n) is 8.45. The van der Waals surface area contributed by atoms with E-state index < -0.39 is 0 Å². The maximum atomic E-state index is 12.4. The van der Waals surface area contributed by atoms with Crippen LogP contribution in [0.3, 0.4) is 0 Å². The number of hydrogen-bond donors (Lipinski definition) is 1. The standard InChI is InChI=1S/C19H20ClN3OS2/c1-12-11-25-16(22-12)5-3-4-10-21-18(24)17-13(2)23-19(26-17)14-6-8-15(20)9-7-14/h6-9,11H,3-5,10H2,1-2H3,(H,21,24). The van der Waals surface area contributed by atoms with Crippen molar-refractivity contribution in [2.75, 3.05) is 6.54 Å². The molecular weight excluding hydrogens is 386 g/mol. The second kappa shape index (κ2) is 8.75. The van der Waals surface area contributed by atoms with Gasteiger partial charge in [-0.1, -0.05) is 23.7 Å². The van der Waals surface area contributed by atoms with Crippen LogP contribution in [0.5, 0.6) is 0 Å². The van der Waals surface area contributed by atoms with Crippen LogP contribution in [-0.2, 0) is 6.42 Å². The molecule has 2 heterocycles. The highest BCUT2D eigenvalue weighted by atomic mass is 35.5. The van der Waals surface area contributed by atoms with Crippen molar-refractivity contribution >= 4 is 40.2 Å². The quantitative estimate of drug-likeness (QED) is 0.543. The average Bonchev–Trinajstić information content (AvgIpc) is 3.21. The summed E-state index contributed by atoms with van der Waals surface area (Å²) in [5.41, 5.74) is 2.81. The smallest absolute Gasteiger partial charge is 0.263 e. The summed E-state index contributed by atoms with van der Waals surface area (Å²) in [7, 11) is 0. The lowest BCUT2D eigenvalue weighted by molar-refractivity contribution is 0.0956. The van der Waals surface area contributed by atoms with E-state index in [-0.39, 0.29) is 5.91 Å². The zero-order valence-electron chi connectivity index (χ0n) is 14.7. The molecule has 0 spiro atoms. The monoisotopic (exact) mass is 405 g/mol. The Morgan fingerprint density at radius 2 is 1.92 bits per heavy atom. The number of amides is 1. The molecule has 1 aromatic carbocycles. The summed E-state index contributed by atoms with van der Waals surface area (Å²) < 4.78 is 0. The van der Waals surface area contributed by atoms with Gasteiger partial charge in [-0.2, -0.15) is 0 Å². The van der Waals surface area contributed by atoms with E-state index in [1.54, 1.807) is 11.3 Å². The van der Waals surface area contributed by atoms with Crippen molar-refractivity contribution in [1.82, 2.24) is 15.3 Å². The van der Waals surface area contributed by atoms with Gasteiger partial charge in [0, 0.05) is 28.2 Å². The molecule has 0 bridgehead atoms. The lowest BCUT2D eigenvalue weighted by Crippen LogP contribution is -2.24. The summed E-state index contributed by atoms with van der Waals surface area (Å²) >= 11 is 9.04. The summed E-state index contributed by atoms with van der Waals surface area (Å²) in [5.74, 6) is -0.0506. The van der Waals surface area contributed by atoms with Crippen LogP contribution in [0, 0.1) is 13.8 Å². The summed E-state index contributed by atoms with van der Waals surface area (Å²) in [4.78, 5) is 22.1. The van der Waals surface area contributed by atoms with E-state index in [2.05, 4.69) is 20.7 Å². The molecule has 1 amide bonds. The van der Waals surface area contributed by atoms with Gasteiger partial charge in [-0.25, -0.2) is 9.97 Å². The highest BCUT2D eigenvalue weighted by Gasteiger charge is 2.15.